The van der Waals surface area contributed by atoms with Gasteiger partial charge in [-0.3, -0.25) is 0 Å². The summed E-state index contributed by atoms with van der Waals surface area (Å²) < 4.78 is 0. The standard InChI is InChI=1S/C14H23NO/c1-11(2)14-6-4-13(5-7-14)8-9-15-12(3)10-16/h4-7,11-12,15-16H,8-10H2,1-3H3. The van der Waals surface area contributed by atoms with Gasteiger partial charge in [-0.25, -0.2) is 0 Å². The first-order valence-electron chi connectivity index (χ1n) is 6.06. The predicted molar refractivity (Wildman–Crippen MR) is 68.8 cm³/mol. The highest BCUT2D eigenvalue weighted by Crippen LogP contribution is 2.14. The van der Waals surface area contributed by atoms with Gasteiger partial charge in [-0.15, -0.1) is 0 Å². The first kappa shape index (κ1) is 13.2. The molecule has 1 rings (SSSR count). The molecular weight excluding hydrogens is 198 g/mol. The number of rotatable bonds is 6. The van der Waals surface area contributed by atoms with Crippen LogP contribution in [-0.2, 0) is 6.42 Å². The molecule has 0 bridgehead atoms. The Hall–Kier alpha value is -0.860. The van der Waals surface area contributed by atoms with Gasteiger partial charge in [-0.1, -0.05) is 38.1 Å². The Morgan fingerprint density at radius 3 is 2.25 bits per heavy atom. The third kappa shape index (κ3) is 4.33. The molecule has 2 N–H and O–H groups in total. The number of aliphatic hydroxyl groups excluding tert-OH is 1. The van der Waals surface area contributed by atoms with Crippen molar-refractivity contribution in [2.75, 3.05) is 13.2 Å². The Balaban J connectivity index is 2.38. The van der Waals surface area contributed by atoms with Crippen LogP contribution in [0.5, 0.6) is 0 Å². The van der Waals surface area contributed by atoms with E-state index in [4.69, 9.17) is 5.11 Å². The molecule has 0 radical (unpaired) electrons. The molecule has 90 valence electrons. The van der Waals surface area contributed by atoms with Crippen LogP contribution in [0.4, 0.5) is 0 Å². The van der Waals surface area contributed by atoms with E-state index >= 15 is 0 Å². The molecule has 0 aromatic heterocycles. The minimum atomic E-state index is 0.190. The van der Waals surface area contributed by atoms with Crippen LogP contribution in [0.1, 0.15) is 37.8 Å². The van der Waals surface area contributed by atoms with Crippen molar-refractivity contribution in [3.63, 3.8) is 0 Å². The van der Waals surface area contributed by atoms with Crippen molar-refractivity contribution >= 4 is 0 Å². The molecule has 0 aliphatic heterocycles. The predicted octanol–water partition coefficient (Wildman–Crippen LogP) is 2.32. The maximum Gasteiger partial charge on any atom is 0.0581 e. The van der Waals surface area contributed by atoms with Crippen LogP contribution >= 0.6 is 0 Å². The van der Waals surface area contributed by atoms with Gasteiger partial charge >= 0.3 is 0 Å². The van der Waals surface area contributed by atoms with E-state index in [2.05, 4.69) is 43.4 Å². The summed E-state index contributed by atoms with van der Waals surface area (Å²) in [6, 6.07) is 8.99. The second kappa shape index (κ2) is 6.66. The van der Waals surface area contributed by atoms with Gasteiger partial charge in [0.05, 0.1) is 6.61 Å². The van der Waals surface area contributed by atoms with Crippen molar-refractivity contribution in [1.82, 2.24) is 5.32 Å². The smallest absolute Gasteiger partial charge is 0.0581 e. The Morgan fingerprint density at radius 2 is 1.75 bits per heavy atom. The van der Waals surface area contributed by atoms with E-state index in [9.17, 15) is 0 Å². The molecule has 2 heteroatoms. The number of hydrogen-bond donors (Lipinski definition) is 2. The van der Waals surface area contributed by atoms with Crippen molar-refractivity contribution in [1.29, 1.82) is 0 Å². The molecule has 1 aromatic carbocycles. The van der Waals surface area contributed by atoms with Crippen molar-refractivity contribution in [2.24, 2.45) is 0 Å². The summed E-state index contributed by atoms with van der Waals surface area (Å²) in [5.74, 6) is 0.599. The molecule has 2 nitrogen and oxygen atoms in total. The molecule has 0 spiro atoms. The molecule has 0 fully saturated rings. The quantitative estimate of drug-likeness (QED) is 0.772. The highest BCUT2D eigenvalue weighted by molar-refractivity contribution is 5.24. The molecule has 1 unspecified atom stereocenters. The van der Waals surface area contributed by atoms with E-state index in [-0.39, 0.29) is 12.6 Å². The van der Waals surface area contributed by atoms with E-state index < -0.39 is 0 Å². The fourth-order valence-corrected chi connectivity index (χ4v) is 1.60. The Bertz CT molecular complexity index is 292. The summed E-state index contributed by atoms with van der Waals surface area (Å²) in [5.41, 5.74) is 2.74. The monoisotopic (exact) mass is 221 g/mol. The topological polar surface area (TPSA) is 32.3 Å². The Labute approximate surface area is 98.7 Å². The van der Waals surface area contributed by atoms with Crippen molar-refractivity contribution < 1.29 is 5.11 Å². The molecule has 0 aliphatic rings. The van der Waals surface area contributed by atoms with Crippen LogP contribution in [0, 0.1) is 0 Å². The molecular formula is C14H23NO. The molecule has 1 aromatic rings. The molecule has 0 saturated heterocycles. The van der Waals surface area contributed by atoms with E-state index in [1.165, 1.54) is 11.1 Å². The molecule has 0 aliphatic carbocycles. The van der Waals surface area contributed by atoms with Gasteiger partial charge in [0.15, 0.2) is 0 Å². The summed E-state index contributed by atoms with van der Waals surface area (Å²) >= 11 is 0. The number of nitrogens with one attached hydrogen (secondary N) is 1. The normalized spacial score (nSPS) is 13.1. The van der Waals surface area contributed by atoms with Crippen LogP contribution in [-0.4, -0.2) is 24.3 Å². The highest BCUT2D eigenvalue weighted by atomic mass is 16.3. The van der Waals surface area contributed by atoms with E-state index in [0.717, 1.165) is 13.0 Å². The maximum absolute atomic E-state index is 8.87. The second-order valence-electron chi connectivity index (χ2n) is 4.68. The van der Waals surface area contributed by atoms with Crippen LogP contribution in [0.15, 0.2) is 24.3 Å². The van der Waals surface area contributed by atoms with Gasteiger partial charge in [0.2, 0.25) is 0 Å². The molecule has 16 heavy (non-hydrogen) atoms. The zero-order chi connectivity index (χ0) is 12.0. The van der Waals surface area contributed by atoms with Gasteiger partial charge in [0.1, 0.15) is 0 Å². The van der Waals surface area contributed by atoms with Gasteiger partial charge in [0.25, 0.3) is 0 Å². The fraction of sp³-hybridized carbons (Fsp3) is 0.571. The minimum absolute atomic E-state index is 0.190. The molecule has 0 saturated carbocycles. The maximum atomic E-state index is 8.87. The van der Waals surface area contributed by atoms with E-state index in [1.54, 1.807) is 0 Å². The third-order valence-corrected chi connectivity index (χ3v) is 2.83. The number of aliphatic hydroxyl groups is 1. The van der Waals surface area contributed by atoms with Gasteiger partial charge < -0.3 is 10.4 Å². The minimum Gasteiger partial charge on any atom is -0.395 e. The van der Waals surface area contributed by atoms with Gasteiger partial charge in [0, 0.05) is 6.04 Å². The van der Waals surface area contributed by atoms with Crippen molar-refractivity contribution in [2.45, 2.75) is 39.2 Å². The van der Waals surface area contributed by atoms with Gasteiger partial charge in [-0.2, -0.15) is 0 Å². The van der Waals surface area contributed by atoms with Crippen molar-refractivity contribution in [3.8, 4) is 0 Å². The first-order valence-corrected chi connectivity index (χ1v) is 6.06. The summed E-state index contributed by atoms with van der Waals surface area (Å²) in [5, 5.41) is 12.1. The van der Waals surface area contributed by atoms with Crippen LogP contribution in [0.2, 0.25) is 0 Å². The average Bonchev–Trinajstić information content (AvgIpc) is 2.29. The van der Waals surface area contributed by atoms with E-state index in [1.807, 2.05) is 6.92 Å². The summed E-state index contributed by atoms with van der Waals surface area (Å²) in [4.78, 5) is 0. The molecule has 0 heterocycles. The summed E-state index contributed by atoms with van der Waals surface area (Å²) in [7, 11) is 0. The second-order valence-corrected chi connectivity index (χ2v) is 4.68. The lowest BCUT2D eigenvalue weighted by Crippen LogP contribution is -2.30. The zero-order valence-electron chi connectivity index (χ0n) is 10.5. The number of benzene rings is 1. The SMILES string of the molecule is CC(CO)NCCc1ccc(C(C)C)cc1. The third-order valence-electron chi connectivity index (χ3n) is 2.83. The average molecular weight is 221 g/mol. The van der Waals surface area contributed by atoms with Crippen LogP contribution < -0.4 is 5.32 Å². The Morgan fingerprint density at radius 1 is 1.12 bits per heavy atom. The van der Waals surface area contributed by atoms with Gasteiger partial charge in [-0.05, 0) is 36.9 Å². The van der Waals surface area contributed by atoms with Crippen LogP contribution in [0.3, 0.4) is 0 Å². The number of hydrogen-bond acceptors (Lipinski definition) is 2. The summed E-state index contributed by atoms with van der Waals surface area (Å²) in [6.07, 6.45) is 1.02. The lowest BCUT2D eigenvalue weighted by atomic mass is 10.0. The fourth-order valence-electron chi connectivity index (χ4n) is 1.60. The highest BCUT2D eigenvalue weighted by Gasteiger charge is 2.00. The lowest BCUT2D eigenvalue weighted by molar-refractivity contribution is 0.252. The van der Waals surface area contributed by atoms with Crippen LogP contribution in [0.25, 0.3) is 0 Å². The first-order chi connectivity index (χ1) is 7.63. The Kier molecular flexibility index (Phi) is 5.50. The zero-order valence-corrected chi connectivity index (χ0v) is 10.5. The molecule has 0 amide bonds. The van der Waals surface area contributed by atoms with Crippen molar-refractivity contribution in [3.05, 3.63) is 35.4 Å². The largest absolute Gasteiger partial charge is 0.395 e. The lowest BCUT2D eigenvalue weighted by Gasteiger charge is -2.11. The van der Waals surface area contributed by atoms with E-state index in [0.29, 0.717) is 5.92 Å². The molecule has 1 atom stereocenters. The summed E-state index contributed by atoms with van der Waals surface area (Å²) in [6.45, 7) is 7.52.